The molecule has 3 amide bonds. The summed E-state index contributed by atoms with van der Waals surface area (Å²) in [6.45, 7) is 4.63. The minimum atomic E-state index is -0.702. The third kappa shape index (κ3) is 2.84. The molecule has 1 aliphatic rings. The summed E-state index contributed by atoms with van der Waals surface area (Å²) in [5, 5.41) is 12.0. The molecule has 1 aromatic carbocycles. The average Bonchev–Trinajstić information content (AvgIpc) is 2.77. The van der Waals surface area contributed by atoms with Crippen molar-refractivity contribution < 1.29 is 14.7 Å². The molecule has 0 aromatic heterocycles. The molecule has 1 atom stereocenters. The number of primary amides is 1. The lowest BCUT2D eigenvalue weighted by Gasteiger charge is -2.26. The van der Waals surface area contributed by atoms with Crippen LogP contribution in [-0.2, 0) is 17.9 Å². The maximum absolute atomic E-state index is 12.5. The normalized spacial score (nSPS) is 15.1. The molecule has 0 saturated heterocycles. The van der Waals surface area contributed by atoms with E-state index >= 15 is 0 Å². The van der Waals surface area contributed by atoms with Gasteiger partial charge in [-0.2, -0.15) is 0 Å². The van der Waals surface area contributed by atoms with Gasteiger partial charge in [-0.3, -0.25) is 4.79 Å². The summed E-state index contributed by atoms with van der Waals surface area (Å²) in [6.07, 6.45) is 0. The van der Waals surface area contributed by atoms with Crippen LogP contribution in [-0.4, -0.2) is 28.0 Å². The lowest BCUT2D eigenvalue weighted by Crippen LogP contribution is -2.51. The molecular formula is C14H19N3O3. The van der Waals surface area contributed by atoms with Crippen molar-refractivity contribution in [2.45, 2.75) is 33.0 Å². The Hall–Kier alpha value is -2.24. The Kier molecular flexibility index (Phi) is 3.83. The number of hydrogen-bond acceptors (Lipinski definition) is 3. The second kappa shape index (κ2) is 5.40. The topological polar surface area (TPSA) is 95.7 Å². The van der Waals surface area contributed by atoms with Crippen LogP contribution in [0, 0.1) is 5.92 Å². The van der Waals surface area contributed by atoms with Crippen LogP contribution in [0.4, 0.5) is 4.79 Å². The average molecular weight is 277 g/mol. The zero-order valence-electron chi connectivity index (χ0n) is 11.6. The fourth-order valence-corrected chi connectivity index (χ4v) is 2.40. The second-order valence-corrected chi connectivity index (χ2v) is 5.38. The van der Waals surface area contributed by atoms with Crippen LogP contribution in [0.3, 0.4) is 0 Å². The number of aromatic hydroxyl groups is 1. The quantitative estimate of drug-likeness (QED) is 0.766. The molecule has 1 aliphatic heterocycles. The fourth-order valence-electron chi connectivity index (χ4n) is 2.40. The third-order valence-corrected chi connectivity index (χ3v) is 3.45. The van der Waals surface area contributed by atoms with E-state index in [4.69, 9.17) is 5.73 Å². The maximum atomic E-state index is 12.5. The highest BCUT2D eigenvalue weighted by atomic mass is 16.3. The molecule has 0 unspecified atom stereocenters. The van der Waals surface area contributed by atoms with Gasteiger partial charge in [-0.15, -0.1) is 0 Å². The van der Waals surface area contributed by atoms with Crippen molar-refractivity contribution in [2.24, 2.45) is 11.7 Å². The largest absolute Gasteiger partial charge is 0.508 e. The summed E-state index contributed by atoms with van der Waals surface area (Å²) >= 11 is 0. The van der Waals surface area contributed by atoms with Gasteiger partial charge < -0.3 is 21.1 Å². The van der Waals surface area contributed by atoms with Crippen LogP contribution in [0.15, 0.2) is 18.2 Å². The number of rotatable bonds is 3. The number of carbonyl (C=O) groups excluding carboxylic acids is 2. The van der Waals surface area contributed by atoms with Crippen molar-refractivity contribution in [3.8, 4) is 5.75 Å². The number of hydrogen-bond donors (Lipinski definition) is 3. The van der Waals surface area contributed by atoms with Crippen molar-refractivity contribution in [1.29, 1.82) is 0 Å². The van der Waals surface area contributed by atoms with Crippen LogP contribution in [0.2, 0.25) is 0 Å². The minimum absolute atomic E-state index is 0.0490. The first-order valence-corrected chi connectivity index (χ1v) is 6.54. The van der Waals surface area contributed by atoms with Crippen LogP contribution < -0.4 is 11.1 Å². The Morgan fingerprint density at radius 1 is 1.30 bits per heavy atom. The van der Waals surface area contributed by atoms with E-state index in [9.17, 15) is 14.7 Å². The molecule has 108 valence electrons. The van der Waals surface area contributed by atoms with Crippen molar-refractivity contribution in [3.63, 3.8) is 0 Å². The molecule has 0 spiro atoms. The summed E-state index contributed by atoms with van der Waals surface area (Å²) in [6, 6.07) is 3.74. The van der Waals surface area contributed by atoms with E-state index in [1.165, 1.54) is 0 Å². The highest BCUT2D eigenvalue weighted by molar-refractivity contribution is 5.87. The lowest BCUT2D eigenvalue weighted by molar-refractivity contribution is -0.134. The summed E-state index contributed by atoms with van der Waals surface area (Å²) in [7, 11) is 0. The summed E-state index contributed by atoms with van der Waals surface area (Å²) in [4.78, 5) is 25.1. The van der Waals surface area contributed by atoms with E-state index in [0.29, 0.717) is 13.1 Å². The molecule has 6 nitrogen and oxygen atoms in total. The molecule has 0 bridgehead atoms. The zero-order chi connectivity index (χ0) is 14.9. The van der Waals surface area contributed by atoms with Gasteiger partial charge in [0.25, 0.3) is 0 Å². The van der Waals surface area contributed by atoms with Crippen molar-refractivity contribution >= 4 is 11.9 Å². The number of benzene rings is 1. The van der Waals surface area contributed by atoms with Crippen LogP contribution in [0.25, 0.3) is 0 Å². The van der Waals surface area contributed by atoms with Gasteiger partial charge in [0.15, 0.2) is 0 Å². The molecule has 1 aromatic rings. The Labute approximate surface area is 117 Å². The Bertz CT molecular complexity index is 542. The maximum Gasteiger partial charge on any atom is 0.312 e. The van der Waals surface area contributed by atoms with Gasteiger partial charge in [-0.25, -0.2) is 4.79 Å². The molecule has 0 radical (unpaired) electrons. The number of phenols is 1. The van der Waals surface area contributed by atoms with E-state index in [0.717, 1.165) is 11.1 Å². The third-order valence-electron chi connectivity index (χ3n) is 3.45. The smallest absolute Gasteiger partial charge is 0.312 e. The molecule has 4 N–H and O–H groups in total. The van der Waals surface area contributed by atoms with E-state index in [-0.39, 0.29) is 17.6 Å². The molecule has 20 heavy (non-hydrogen) atoms. The van der Waals surface area contributed by atoms with Gasteiger partial charge in [0.2, 0.25) is 5.91 Å². The SMILES string of the molecule is CC(C)[C@H](NC(N)=O)C(=O)N1Cc2ccc(O)cc2C1. The number of nitrogens with one attached hydrogen (secondary N) is 1. The molecule has 1 heterocycles. The monoisotopic (exact) mass is 277 g/mol. The number of amides is 3. The first-order valence-electron chi connectivity index (χ1n) is 6.54. The van der Waals surface area contributed by atoms with Crippen LogP contribution in [0.5, 0.6) is 5.75 Å². The highest BCUT2D eigenvalue weighted by Gasteiger charge is 2.31. The van der Waals surface area contributed by atoms with E-state index in [2.05, 4.69) is 5.32 Å². The Morgan fingerprint density at radius 3 is 2.55 bits per heavy atom. The molecular weight excluding hydrogens is 258 g/mol. The predicted molar refractivity (Wildman–Crippen MR) is 73.7 cm³/mol. The minimum Gasteiger partial charge on any atom is -0.508 e. The number of phenolic OH excluding ortho intramolecular Hbond substituents is 1. The highest BCUT2D eigenvalue weighted by Crippen LogP contribution is 2.27. The van der Waals surface area contributed by atoms with Crippen LogP contribution >= 0.6 is 0 Å². The van der Waals surface area contributed by atoms with Gasteiger partial charge in [-0.1, -0.05) is 19.9 Å². The van der Waals surface area contributed by atoms with Gasteiger partial charge in [0.1, 0.15) is 11.8 Å². The van der Waals surface area contributed by atoms with Crippen LogP contribution in [0.1, 0.15) is 25.0 Å². The molecule has 0 aliphatic carbocycles. The van der Waals surface area contributed by atoms with E-state index < -0.39 is 12.1 Å². The Morgan fingerprint density at radius 2 is 1.95 bits per heavy atom. The summed E-state index contributed by atoms with van der Waals surface area (Å²) in [5.74, 6) is -0.0182. The van der Waals surface area contributed by atoms with Gasteiger partial charge in [0.05, 0.1) is 0 Å². The van der Waals surface area contributed by atoms with Crippen molar-refractivity contribution in [3.05, 3.63) is 29.3 Å². The number of fused-ring (bicyclic) bond motifs is 1. The lowest BCUT2D eigenvalue weighted by atomic mass is 10.0. The first-order chi connectivity index (χ1) is 9.38. The summed E-state index contributed by atoms with van der Waals surface area (Å²) < 4.78 is 0. The van der Waals surface area contributed by atoms with E-state index in [1.54, 1.807) is 17.0 Å². The fraction of sp³-hybridized carbons (Fsp3) is 0.429. The number of carbonyl (C=O) groups is 2. The van der Waals surface area contributed by atoms with E-state index in [1.807, 2.05) is 19.9 Å². The number of nitrogens with two attached hydrogens (primary N) is 1. The molecule has 0 fully saturated rings. The van der Waals surface area contributed by atoms with Gasteiger partial charge in [-0.05, 0) is 29.2 Å². The standard InChI is InChI=1S/C14H19N3O3/c1-8(2)12(16-14(15)20)13(19)17-6-9-3-4-11(18)5-10(9)7-17/h3-5,8,12,18H,6-7H2,1-2H3,(H3,15,16,20)/t12-/m0/s1. The van der Waals surface area contributed by atoms with Crippen molar-refractivity contribution in [1.82, 2.24) is 10.2 Å². The molecule has 6 heteroatoms. The number of urea groups is 1. The molecule has 0 saturated carbocycles. The number of nitrogens with zero attached hydrogens (tertiary/aromatic N) is 1. The molecule has 2 rings (SSSR count). The predicted octanol–water partition coefficient (Wildman–Crippen LogP) is 0.927. The Balaban J connectivity index is 2.13. The van der Waals surface area contributed by atoms with Gasteiger partial charge >= 0.3 is 6.03 Å². The van der Waals surface area contributed by atoms with Crippen molar-refractivity contribution in [2.75, 3.05) is 0 Å². The summed E-state index contributed by atoms with van der Waals surface area (Å²) in [5.41, 5.74) is 7.06. The first kappa shape index (κ1) is 14.2. The second-order valence-electron chi connectivity index (χ2n) is 5.38. The zero-order valence-corrected chi connectivity index (χ0v) is 11.6. The van der Waals surface area contributed by atoms with Gasteiger partial charge in [0, 0.05) is 13.1 Å².